The smallest absolute Gasteiger partial charge is 0.231 e. The zero-order valence-corrected chi connectivity index (χ0v) is 11.8. The fourth-order valence-corrected chi connectivity index (χ4v) is 2.55. The van der Waals surface area contributed by atoms with E-state index >= 15 is 0 Å². The molecule has 0 N–H and O–H groups in total. The zero-order chi connectivity index (χ0) is 14.6. The number of alkyl halides is 3. The van der Waals surface area contributed by atoms with Crippen LogP contribution in [-0.2, 0) is 12.6 Å². The van der Waals surface area contributed by atoms with Crippen LogP contribution in [0.5, 0.6) is 0 Å². The highest BCUT2D eigenvalue weighted by Crippen LogP contribution is 2.28. The van der Waals surface area contributed by atoms with Gasteiger partial charge < -0.3 is 0 Å². The standard InChI is InChI=1S/C13H10ClF3N2S/c14-10-4-2-1-3-9(10)6-8-20-12-18-7-5-11(19-12)13(15,16)17/h1-5,7H,6,8H2. The van der Waals surface area contributed by atoms with Crippen LogP contribution in [0.25, 0.3) is 0 Å². The van der Waals surface area contributed by atoms with Crippen LogP contribution in [0.2, 0.25) is 5.02 Å². The quantitative estimate of drug-likeness (QED) is 0.614. The van der Waals surface area contributed by atoms with Gasteiger partial charge in [0, 0.05) is 17.0 Å². The summed E-state index contributed by atoms with van der Waals surface area (Å²) < 4.78 is 37.5. The molecular weight excluding hydrogens is 309 g/mol. The summed E-state index contributed by atoms with van der Waals surface area (Å²) in [5.74, 6) is 0.561. The van der Waals surface area contributed by atoms with Gasteiger partial charge in [-0.1, -0.05) is 41.6 Å². The molecule has 2 aromatic rings. The van der Waals surface area contributed by atoms with Crippen molar-refractivity contribution in [1.82, 2.24) is 9.97 Å². The van der Waals surface area contributed by atoms with Crippen molar-refractivity contribution in [3.05, 3.63) is 52.8 Å². The SMILES string of the molecule is FC(F)(F)c1ccnc(SCCc2ccccc2Cl)n1. The average molecular weight is 319 g/mol. The molecule has 0 fully saturated rings. The summed E-state index contributed by atoms with van der Waals surface area (Å²) in [6, 6.07) is 8.22. The molecule has 2 rings (SSSR count). The highest BCUT2D eigenvalue weighted by atomic mass is 35.5. The summed E-state index contributed by atoms with van der Waals surface area (Å²) in [7, 11) is 0. The van der Waals surface area contributed by atoms with Crippen LogP contribution in [-0.4, -0.2) is 15.7 Å². The molecule has 1 heterocycles. The van der Waals surface area contributed by atoms with Crippen LogP contribution in [0.15, 0.2) is 41.7 Å². The Morgan fingerprint density at radius 3 is 2.60 bits per heavy atom. The van der Waals surface area contributed by atoms with Gasteiger partial charge in [-0.3, -0.25) is 0 Å². The Balaban J connectivity index is 1.97. The van der Waals surface area contributed by atoms with E-state index in [0.717, 1.165) is 17.8 Å². The van der Waals surface area contributed by atoms with Gasteiger partial charge in [0.1, 0.15) is 5.69 Å². The zero-order valence-electron chi connectivity index (χ0n) is 10.2. The molecule has 7 heteroatoms. The summed E-state index contributed by atoms with van der Waals surface area (Å²) in [4.78, 5) is 7.32. The van der Waals surface area contributed by atoms with E-state index in [1.165, 1.54) is 11.8 Å². The highest BCUT2D eigenvalue weighted by Gasteiger charge is 2.32. The third-order valence-corrected chi connectivity index (χ3v) is 3.72. The van der Waals surface area contributed by atoms with Gasteiger partial charge in [0.05, 0.1) is 0 Å². The minimum Gasteiger partial charge on any atom is -0.231 e. The number of thioether (sulfide) groups is 1. The second-order valence-corrected chi connectivity index (χ2v) is 5.38. The van der Waals surface area contributed by atoms with Crippen molar-refractivity contribution in [2.45, 2.75) is 17.8 Å². The van der Waals surface area contributed by atoms with Gasteiger partial charge in [-0.15, -0.1) is 0 Å². The molecule has 0 aliphatic rings. The molecule has 0 aliphatic carbocycles. The number of aromatic nitrogens is 2. The minimum atomic E-state index is -4.44. The van der Waals surface area contributed by atoms with Crippen molar-refractivity contribution in [3.63, 3.8) is 0 Å². The Morgan fingerprint density at radius 1 is 1.15 bits per heavy atom. The number of hydrogen-bond donors (Lipinski definition) is 0. The van der Waals surface area contributed by atoms with Crippen molar-refractivity contribution in [2.24, 2.45) is 0 Å². The molecule has 2 nitrogen and oxygen atoms in total. The molecular formula is C13H10ClF3N2S. The Morgan fingerprint density at radius 2 is 1.90 bits per heavy atom. The maximum atomic E-state index is 12.5. The van der Waals surface area contributed by atoms with Crippen LogP contribution in [0.3, 0.4) is 0 Å². The molecule has 106 valence electrons. The van der Waals surface area contributed by atoms with Gasteiger partial charge in [0.2, 0.25) is 0 Å². The van der Waals surface area contributed by atoms with E-state index in [2.05, 4.69) is 9.97 Å². The number of benzene rings is 1. The largest absolute Gasteiger partial charge is 0.433 e. The van der Waals surface area contributed by atoms with Gasteiger partial charge in [0.25, 0.3) is 0 Å². The lowest BCUT2D eigenvalue weighted by Gasteiger charge is -2.07. The molecule has 0 saturated carbocycles. The summed E-state index contributed by atoms with van der Waals surface area (Å²) in [5, 5.41) is 0.768. The van der Waals surface area contributed by atoms with E-state index in [4.69, 9.17) is 11.6 Å². The van der Waals surface area contributed by atoms with Gasteiger partial charge in [-0.2, -0.15) is 13.2 Å². The molecule has 0 aliphatic heterocycles. The first-order valence-electron chi connectivity index (χ1n) is 5.73. The topological polar surface area (TPSA) is 25.8 Å². The minimum absolute atomic E-state index is 0.117. The Kier molecular flexibility index (Phi) is 4.88. The van der Waals surface area contributed by atoms with Crippen molar-refractivity contribution in [1.29, 1.82) is 0 Å². The number of hydrogen-bond acceptors (Lipinski definition) is 3. The second kappa shape index (κ2) is 6.45. The number of aryl methyl sites for hydroxylation is 1. The van der Waals surface area contributed by atoms with E-state index in [9.17, 15) is 13.2 Å². The molecule has 0 atom stereocenters. The summed E-state index contributed by atoms with van der Waals surface area (Å²) >= 11 is 7.18. The maximum Gasteiger partial charge on any atom is 0.433 e. The van der Waals surface area contributed by atoms with Crippen LogP contribution in [0, 0.1) is 0 Å². The van der Waals surface area contributed by atoms with E-state index in [-0.39, 0.29) is 5.16 Å². The molecule has 0 unspecified atom stereocenters. The van der Waals surface area contributed by atoms with Crippen molar-refractivity contribution in [3.8, 4) is 0 Å². The predicted molar refractivity (Wildman–Crippen MR) is 72.9 cm³/mol. The summed E-state index contributed by atoms with van der Waals surface area (Å²) in [6.07, 6.45) is -2.68. The molecule has 0 amide bonds. The molecule has 0 radical (unpaired) electrons. The monoisotopic (exact) mass is 318 g/mol. The lowest BCUT2D eigenvalue weighted by atomic mass is 10.2. The van der Waals surface area contributed by atoms with E-state index in [0.29, 0.717) is 17.2 Å². The van der Waals surface area contributed by atoms with Crippen LogP contribution >= 0.6 is 23.4 Å². The predicted octanol–water partition coefficient (Wildman–Crippen LogP) is 4.48. The van der Waals surface area contributed by atoms with Crippen molar-refractivity contribution < 1.29 is 13.2 Å². The first-order valence-corrected chi connectivity index (χ1v) is 7.09. The molecule has 0 spiro atoms. The fourth-order valence-electron chi connectivity index (χ4n) is 1.52. The Bertz CT molecular complexity index is 590. The first kappa shape index (κ1) is 15.1. The van der Waals surface area contributed by atoms with Gasteiger partial charge in [0.15, 0.2) is 5.16 Å². The molecule has 1 aromatic heterocycles. The summed E-state index contributed by atoms with van der Waals surface area (Å²) in [5.41, 5.74) is 0.0291. The van der Waals surface area contributed by atoms with E-state index < -0.39 is 11.9 Å². The van der Waals surface area contributed by atoms with E-state index in [1.54, 1.807) is 6.07 Å². The van der Waals surface area contributed by atoms with Gasteiger partial charge >= 0.3 is 6.18 Å². The third kappa shape index (κ3) is 4.11. The Labute approximate surface area is 123 Å². The van der Waals surface area contributed by atoms with Gasteiger partial charge in [-0.05, 0) is 24.1 Å². The third-order valence-electron chi connectivity index (χ3n) is 2.48. The van der Waals surface area contributed by atoms with Crippen molar-refractivity contribution >= 4 is 23.4 Å². The maximum absolute atomic E-state index is 12.5. The number of rotatable bonds is 4. The number of nitrogens with zero attached hydrogens (tertiary/aromatic N) is 2. The summed E-state index contributed by atoms with van der Waals surface area (Å²) in [6.45, 7) is 0. The van der Waals surface area contributed by atoms with E-state index in [1.807, 2.05) is 18.2 Å². The average Bonchev–Trinajstić information content (AvgIpc) is 2.40. The van der Waals surface area contributed by atoms with Crippen molar-refractivity contribution in [2.75, 3.05) is 5.75 Å². The molecule has 20 heavy (non-hydrogen) atoms. The number of halogens is 4. The normalized spacial score (nSPS) is 11.6. The first-order chi connectivity index (χ1) is 9.47. The Hall–Kier alpha value is -1.27. The van der Waals surface area contributed by atoms with Crippen LogP contribution in [0.4, 0.5) is 13.2 Å². The van der Waals surface area contributed by atoms with Crippen LogP contribution in [0.1, 0.15) is 11.3 Å². The molecule has 0 saturated heterocycles. The van der Waals surface area contributed by atoms with Crippen LogP contribution < -0.4 is 0 Å². The molecule has 0 bridgehead atoms. The lowest BCUT2D eigenvalue weighted by Crippen LogP contribution is -2.08. The second-order valence-electron chi connectivity index (χ2n) is 3.91. The molecule has 1 aromatic carbocycles. The highest BCUT2D eigenvalue weighted by molar-refractivity contribution is 7.99. The van der Waals surface area contributed by atoms with Gasteiger partial charge in [-0.25, -0.2) is 9.97 Å². The fraction of sp³-hybridized carbons (Fsp3) is 0.231. The lowest BCUT2D eigenvalue weighted by molar-refractivity contribution is -0.141.